The standard InChI is InChI=1S/C16H16ClN5OS/c1-9-7-10(2)22-15(18-9)20-16(21-22)24-11(3)14(23)19-13-6-4-5-12(17)8-13/h4-8,11H,1-3H3,(H,19,23). The van der Waals surface area contributed by atoms with Gasteiger partial charge in [0.2, 0.25) is 11.1 Å². The average molecular weight is 362 g/mol. The molecule has 124 valence electrons. The summed E-state index contributed by atoms with van der Waals surface area (Å²) in [5, 5.41) is 7.97. The van der Waals surface area contributed by atoms with E-state index in [9.17, 15) is 4.79 Å². The fourth-order valence-electron chi connectivity index (χ4n) is 2.22. The van der Waals surface area contributed by atoms with Crippen LogP contribution in [0.2, 0.25) is 5.02 Å². The Morgan fingerprint density at radius 2 is 2.08 bits per heavy atom. The fourth-order valence-corrected chi connectivity index (χ4v) is 3.16. The van der Waals surface area contributed by atoms with E-state index in [-0.39, 0.29) is 11.2 Å². The number of nitrogens with one attached hydrogen (secondary N) is 1. The second-order valence-electron chi connectivity index (χ2n) is 5.40. The number of thioether (sulfide) groups is 1. The Kier molecular flexibility index (Phi) is 4.73. The third-order valence-electron chi connectivity index (χ3n) is 3.34. The molecule has 0 saturated carbocycles. The van der Waals surface area contributed by atoms with E-state index >= 15 is 0 Å². The lowest BCUT2D eigenvalue weighted by Crippen LogP contribution is -2.22. The molecule has 1 amide bonds. The molecule has 0 saturated heterocycles. The summed E-state index contributed by atoms with van der Waals surface area (Å²) in [6.07, 6.45) is 0. The zero-order chi connectivity index (χ0) is 17.3. The summed E-state index contributed by atoms with van der Waals surface area (Å²) in [7, 11) is 0. The van der Waals surface area contributed by atoms with Crippen LogP contribution >= 0.6 is 23.4 Å². The molecule has 0 bridgehead atoms. The van der Waals surface area contributed by atoms with Crippen LogP contribution in [0.15, 0.2) is 35.5 Å². The molecule has 0 aliphatic heterocycles. The molecule has 2 heterocycles. The van der Waals surface area contributed by atoms with Gasteiger partial charge in [0.15, 0.2) is 0 Å². The first-order chi connectivity index (χ1) is 11.4. The number of carbonyl (C=O) groups excluding carboxylic acids is 1. The number of aromatic nitrogens is 4. The van der Waals surface area contributed by atoms with Crippen molar-refractivity contribution in [2.45, 2.75) is 31.2 Å². The van der Waals surface area contributed by atoms with Gasteiger partial charge in [-0.2, -0.15) is 4.98 Å². The van der Waals surface area contributed by atoms with Gasteiger partial charge >= 0.3 is 0 Å². The maximum atomic E-state index is 12.3. The number of amides is 1. The minimum Gasteiger partial charge on any atom is -0.325 e. The van der Waals surface area contributed by atoms with Crippen molar-refractivity contribution in [1.82, 2.24) is 19.6 Å². The molecule has 3 aromatic rings. The summed E-state index contributed by atoms with van der Waals surface area (Å²) in [5.74, 6) is 0.402. The van der Waals surface area contributed by atoms with E-state index in [1.165, 1.54) is 11.8 Å². The number of benzene rings is 1. The highest BCUT2D eigenvalue weighted by atomic mass is 35.5. The van der Waals surface area contributed by atoms with E-state index in [0.717, 1.165) is 11.4 Å². The Bertz CT molecular complexity index is 911. The highest BCUT2D eigenvalue weighted by molar-refractivity contribution is 8.00. The van der Waals surface area contributed by atoms with Crippen molar-refractivity contribution in [2.24, 2.45) is 0 Å². The number of hydrogen-bond donors (Lipinski definition) is 1. The maximum Gasteiger partial charge on any atom is 0.253 e. The van der Waals surface area contributed by atoms with E-state index in [4.69, 9.17) is 11.6 Å². The first kappa shape index (κ1) is 16.7. The molecule has 0 aliphatic rings. The quantitative estimate of drug-likeness (QED) is 0.720. The van der Waals surface area contributed by atoms with Crippen molar-refractivity contribution < 1.29 is 4.79 Å². The van der Waals surface area contributed by atoms with Crippen LogP contribution in [0.25, 0.3) is 5.78 Å². The van der Waals surface area contributed by atoms with Crippen LogP contribution in [0, 0.1) is 13.8 Å². The molecule has 0 spiro atoms. The molecule has 0 radical (unpaired) electrons. The van der Waals surface area contributed by atoms with Crippen molar-refractivity contribution in [2.75, 3.05) is 5.32 Å². The van der Waals surface area contributed by atoms with E-state index < -0.39 is 0 Å². The molecule has 1 N–H and O–H groups in total. The summed E-state index contributed by atoms with van der Waals surface area (Å²) in [6.45, 7) is 5.66. The molecule has 0 aliphatic carbocycles. The van der Waals surface area contributed by atoms with Gasteiger partial charge in [-0.05, 0) is 45.0 Å². The lowest BCUT2D eigenvalue weighted by molar-refractivity contribution is -0.115. The number of hydrogen-bond acceptors (Lipinski definition) is 5. The summed E-state index contributed by atoms with van der Waals surface area (Å²) in [4.78, 5) is 21.0. The highest BCUT2D eigenvalue weighted by Crippen LogP contribution is 2.22. The number of anilines is 1. The molecule has 0 fully saturated rings. The Morgan fingerprint density at radius 1 is 1.29 bits per heavy atom. The molecule has 6 nitrogen and oxygen atoms in total. The Labute approximate surface area is 148 Å². The van der Waals surface area contributed by atoms with Crippen molar-refractivity contribution in [3.8, 4) is 0 Å². The first-order valence-electron chi connectivity index (χ1n) is 7.36. The van der Waals surface area contributed by atoms with Crippen LogP contribution in [0.1, 0.15) is 18.3 Å². The van der Waals surface area contributed by atoms with Crippen LogP contribution in [0.5, 0.6) is 0 Å². The van der Waals surface area contributed by atoms with E-state index in [1.807, 2.05) is 26.8 Å². The SMILES string of the molecule is Cc1cc(C)n2nc(SC(C)C(=O)Nc3cccc(Cl)c3)nc2n1. The number of rotatable bonds is 4. The molecular weight excluding hydrogens is 346 g/mol. The highest BCUT2D eigenvalue weighted by Gasteiger charge is 2.18. The van der Waals surface area contributed by atoms with Gasteiger partial charge in [0.1, 0.15) is 0 Å². The minimum absolute atomic E-state index is 0.137. The molecule has 1 unspecified atom stereocenters. The van der Waals surface area contributed by atoms with E-state index in [0.29, 0.717) is 21.6 Å². The Morgan fingerprint density at radius 3 is 2.83 bits per heavy atom. The number of fused-ring (bicyclic) bond motifs is 1. The maximum absolute atomic E-state index is 12.3. The van der Waals surface area contributed by atoms with Gasteiger partial charge in [-0.25, -0.2) is 9.50 Å². The summed E-state index contributed by atoms with van der Waals surface area (Å²) in [5.41, 5.74) is 2.50. The van der Waals surface area contributed by atoms with Crippen LogP contribution in [0.4, 0.5) is 5.69 Å². The summed E-state index contributed by atoms with van der Waals surface area (Å²) in [6, 6.07) is 8.98. The third kappa shape index (κ3) is 3.68. The second-order valence-corrected chi connectivity index (χ2v) is 7.15. The zero-order valence-electron chi connectivity index (χ0n) is 13.4. The van der Waals surface area contributed by atoms with Gasteiger partial charge in [-0.1, -0.05) is 29.4 Å². The molecule has 24 heavy (non-hydrogen) atoms. The number of aryl methyl sites for hydroxylation is 2. The fraction of sp³-hybridized carbons (Fsp3) is 0.250. The second kappa shape index (κ2) is 6.78. The average Bonchev–Trinajstić information content (AvgIpc) is 2.89. The van der Waals surface area contributed by atoms with Crippen molar-refractivity contribution in [1.29, 1.82) is 0 Å². The van der Waals surface area contributed by atoms with Gasteiger partial charge in [0, 0.05) is 22.1 Å². The normalized spacial score (nSPS) is 12.3. The van der Waals surface area contributed by atoms with Crippen molar-refractivity contribution in [3.63, 3.8) is 0 Å². The summed E-state index contributed by atoms with van der Waals surface area (Å²) >= 11 is 7.21. The Hall–Kier alpha value is -2.12. The lowest BCUT2D eigenvalue weighted by atomic mass is 10.3. The number of nitrogens with zero attached hydrogens (tertiary/aromatic N) is 4. The van der Waals surface area contributed by atoms with Gasteiger partial charge in [0.05, 0.1) is 5.25 Å². The molecular formula is C16H16ClN5OS. The number of halogens is 1. The smallest absolute Gasteiger partial charge is 0.253 e. The summed E-state index contributed by atoms with van der Waals surface area (Å²) < 4.78 is 1.68. The largest absolute Gasteiger partial charge is 0.325 e. The first-order valence-corrected chi connectivity index (χ1v) is 8.62. The van der Waals surface area contributed by atoms with Crippen molar-refractivity contribution >= 4 is 40.7 Å². The van der Waals surface area contributed by atoms with Crippen LogP contribution in [-0.4, -0.2) is 30.7 Å². The number of carbonyl (C=O) groups is 1. The van der Waals surface area contributed by atoms with Crippen LogP contribution in [-0.2, 0) is 4.79 Å². The van der Waals surface area contributed by atoms with Crippen LogP contribution in [0.3, 0.4) is 0 Å². The molecule has 3 rings (SSSR count). The zero-order valence-corrected chi connectivity index (χ0v) is 15.0. The van der Waals surface area contributed by atoms with Crippen molar-refractivity contribution in [3.05, 3.63) is 46.7 Å². The van der Waals surface area contributed by atoms with Gasteiger partial charge in [-0.15, -0.1) is 5.10 Å². The third-order valence-corrected chi connectivity index (χ3v) is 4.53. The predicted molar refractivity (Wildman–Crippen MR) is 95.7 cm³/mol. The predicted octanol–water partition coefficient (Wildman–Crippen LogP) is 3.51. The van der Waals surface area contributed by atoms with Gasteiger partial charge in [-0.3, -0.25) is 4.79 Å². The minimum atomic E-state index is -0.359. The van der Waals surface area contributed by atoms with E-state index in [1.54, 1.807) is 28.8 Å². The molecule has 8 heteroatoms. The van der Waals surface area contributed by atoms with Gasteiger partial charge in [0.25, 0.3) is 5.78 Å². The lowest BCUT2D eigenvalue weighted by Gasteiger charge is -2.10. The topological polar surface area (TPSA) is 72.2 Å². The van der Waals surface area contributed by atoms with Crippen LogP contribution < -0.4 is 5.32 Å². The van der Waals surface area contributed by atoms with Gasteiger partial charge < -0.3 is 5.32 Å². The molecule has 2 aromatic heterocycles. The van der Waals surface area contributed by atoms with E-state index in [2.05, 4.69) is 20.4 Å². The molecule has 1 aromatic carbocycles. The Balaban J connectivity index is 1.73. The monoisotopic (exact) mass is 361 g/mol. The molecule has 1 atom stereocenters.